The first-order chi connectivity index (χ1) is 21.9. The summed E-state index contributed by atoms with van der Waals surface area (Å²) in [5.41, 5.74) is 5.08. The minimum atomic E-state index is -0.265. The van der Waals surface area contributed by atoms with Gasteiger partial charge in [0.25, 0.3) is 0 Å². The van der Waals surface area contributed by atoms with Crippen LogP contribution >= 0.6 is 0 Å². The summed E-state index contributed by atoms with van der Waals surface area (Å²) in [4.78, 5) is 29.5. The van der Waals surface area contributed by atoms with Crippen LogP contribution in [0.25, 0.3) is 5.57 Å². The fourth-order valence-electron chi connectivity index (χ4n) is 4.03. The van der Waals surface area contributed by atoms with E-state index in [-0.39, 0.29) is 23.3 Å². The first-order valence-corrected chi connectivity index (χ1v) is 16.3. The first-order valence-electron chi connectivity index (χ1n) is 16.3. The van der Waals surface area contributed by atoms with Gasteiger partial charge in [-0.1, -0.05) is 58.4 Å². The van der Waals surface area contributed by atoms with Crippen molar-refractivity contribution in [2.45, 2.75) is 101 Å². The Hall–Kier alpha value is -3.84. The van der Waals surface area contributed by atoms with E-state index in [1.807, 2.05) is 58.9 Å². The molecule has 2 aromatic carbocycles. The minimum absolute atomic E-state index is 0.133. The number of allylic oxidation sites excluding steroid dienone is 6. The van der Waals surface area contributed by atoms with E-state index in [1.54, 1.807) is 45.2 Å². The second-order valence-electron chi connectivity index (χ2n) is 12.0. The lowest BCUT2D eigenvalue weighted by Crippen LogP contribution is -2.11. The van der Waals surface area contributed by atoms with Gasteiger partial charge in [-0.3, -0.25) is 4.79 Å². The highest BCUT2D eigenvalue weighted by Crippen LogP contribution is 2.25. The van der Waals surface area contributed by atoms with Crippen molar-refractivity contribution in [2.24, 2.45) is 4.99 Å². The molecule has 7 heteroatoms. The summed E-state index contributed by atoms with van der Waals surface area (Å²) in [6.07, 6.45) is 8.49. The number of hydrogen-bond acceptors (Lipinski definition) is 6. The van der Waals surface area contributed by atoms with Gasteiger partial charge in [-0.2, -0.15) is 0 Å². The molecule has 6 nitrogen and oxygen atoms in total. The average molecular weight is 653 g/mol. The number of methoxy groups -OCH3 is 1. The van der Waals surface area contributed by atoms with Crippen LogP contribution in [0.15, 0.2) is 71.1 Å². The lowest BCUT2D eigenvalue weighted by molar-refractivity contribution is -0.117. The largest absolute Gasteiger partial charge is 0.508 e. The van der Waals surface area contributed by atoms with Crippen LogP contribution in [0, 0.1) is 19.7 Å². The quantitative estimate of drug-likeness (QED) is 0.113. The van der Waals surface area contributed by atoms with Crippen molar-refractivity contribution < 1.29 is 23.8 Å². The Bertz CT molecular complexity index is 1370. The molecule has 47 heavy (non-hydrogen) atoms. The third kappa shape index (κ3) is 20.8. The summed E-state index contributed by atoms with van der Waals surface area (Å²) in [7, 11) is 5.78. The molecule has 0 radical (unpaired) electrons. The SMILES string of the molecule is CC(=O)CC(C)c1ccc(O)c(C)c1.CCC.CCCN(C)C.CO/C(C)=C/C=C\C(C)=N\C(C(C)=O)=C(/C)c1ccc(F)c(C)c1. The number of ketones is 2. The van der Waals surface area contributed by atoms with Crippen molar-refractivity contribution in [2.75, 3.05) is 27.7 Å². The standard InChI is InChI=1S/C20H24FNO2.C12H16O2.C5H13N.C3H8/c1-13-12-18(10-11-19(13)21)16(4)20(17(5)23)22-14(2)8-7-9-15(3)24-6;1-8(6-10(3)13)11-4-5-12(14)9(2)7-11;1-4-5-6(2)3;1-3-2/h7-12H,1-6H3;4-5,7-8,14H,6H2,1-3H3;4-5H2,1-3H3;3H2,1-2H3/b8-7-,15-9+,20-16+,22-14+;;;. The van der Waals surface area contributed by atoms with Crippen LogP contribution in [0.2, 0.25) is 0 Å². The second-order valence-corrected chi connectivity index (χ2v) is 12.0. The number of hydrogen-bond donors (Lipinski definition) is 1. The minimum Gasteiger partial charge on any atom is -0.508 e. The zero-order valence-corrected chi connectivity index (χ0v) is 31.5. The number of halogens is 1. The summed E-state index contributed by atoms with van der Waals surface area (Å²) in [6.45, 7) is 21.8. The van der Waals surface area contributed by atoms with Crippen molar-refractivity contribution in [3.8, 4) is 5.75 Å². The van der Waals surface area contributed by atoms with E-state index in [4.69, 9.17) is 4.74 Å². The van der Waals surface area contributed by atoms with Crippen LogP contribution < -0.4 is 0 Å². The van der Waals surface area contributed by atoms with Gasteiger partial charge < -0.3 is 19.5 Å². The summed E-state index contributed by atoms with van der Waals surface area (Å²) >= 11 is 0. The van der Waals surface area contributed by atoms with Crippen LogP contribution in [0.4, 0.5) is 4.39 Å². The maximum atomic E-state index is 13.4. The number of carbonyl (C=O) groups excluding carboxylic acids is 2. The summed E-state index contributed by atoms with van der Waals surface area (Å²) in [5, 5.41) is 9.34. The van der Waals surface area contributed by atoms with Gasteiger partial charge in [0.1, 0.15) is 23.0 Å². The number of phenols is 1. The highest BCUT2D eigenvalue weighted by Gasteiger charge is 2.11. The van der Waals surface area contributed by atoms with Crippen LogP contribution in [-0.2, 0) is 14.3 Å². The Morgan fingerprint density at radius 3 is 2.00 bits per heavy atom. The molecule has 0 fully saturated rings. The first kappa shape index (κ1) is 45.3. The molecule has 1 unspecified atom stereocenters. The molecule has 2 aromatic rings. The van der Waals surface area contributed by atoms with Crippen molar-refractivity contribution in [1.82, 2.24) is 4.90 Å². The van der Waals surface area contributed by atoms with Gasteiger partial charge in [-0.15, -0.1) is 0 Å². The lowest BCUT2D eigenvalue weighted by Gasteiger charge is -2.11. The Morgan fingerprint density at radius 2 is 1.57 bits per heavy atom. The molecule has 0 saturated carbocycles. The molecule has 0 amide bonds. The highest BCUT2D eigenvalue weighted by atomic mass is 19.1. The molecule has 0 aromatic heterocycles. The molecular weight excluding hydrogens is 591 g/mol. The van der Waals surface area contributed by atoms with E-state index in [2.05, 4.69) is 44.8 Å². The maximum absolute atomic E-state index is 13.4. The Kier molecular flexibility index (Phi) is 24.4. The number of nitrogens with zero attached hydrogens (tertiary/aromatic N) is 2. The molecule has 0 aliphatic carbocycles. The van der Waals surface area contributed by atoms with Gasteiger partial charge in [0.2, 0.25) is 0 Å². The van der Waals surface area contributed by atoms with Gasteiger partial charge >= 0.3 is 0 Å². The van der Waals surface area contributed by atoms with Gasteiger partial charge in [-0.05, 0) is 133 Å². The maximum Gasteiger partial charge on any atom is 0.178 e. The molecule has 1 atom stereocenters. The second kappa shape index (κ2) is 25.3. The fraction of sp³-hybridized carbons (Fsp3) is 0.475. The summed E-state index contributed by atoms with van der Waals surface area (Å²) < 4.78 is 18.5. The number of carbonyl (C=O) groups is 2. The van der Waals surface area contributed by atoms with Crippen LogP contribution in [-0.4, -0.2) is 55.0 Å². The molecule has 0 aliphatic rings. The molecule has 0 saturated heterocycles. The Balaban J connectivity index is 0. The lowest BCUT2D eigenvalue weighted by atomic mass is 9.94. The molecule has 262 valence electrons. The van der Waals surface area contributed by atoms with E-state index in [1.165, 1.54) is 32.4 Å². The smallest absolute Gasteiger partial charge is 0.178 e. The zero-order chi connectivity index (χ0) is 36.7. The molecule has 0 spiro atoms. The third-order valence-electron chi connectivity index (χ3n) is 6.61. The van der Waals surface area contributed by atoms with Crippen molar-refractivity contribution in [3.05, 3.63) is 94.2 Å². The number of aliphatic imine (C=N–C) groups is 1. The van der Waals surface area contributed by atoms with Gasteiger partial charge in [0.05, 0.1) is 12.9 Å². The van der Waals surface area contributed by atoms with Crippen molar-refractivity contribution in [1.29, 1.82) is 0 Å². The van der Waals surface area contributed by atoms with Gasteiger partial charge in [0.15, 0.2) is 5.78 Å². The van der Waals surface area contributed by atoms with E-state index >= 15 is 0 Å². The molecule has 2 rings (SSSR count). The molecule has 1 N–H and O–H groups in total. The summed E-state index contributed by atoms with van der Waals surface area (Å²) in [5.74, 6) is 1.11. The fourth-order valence-corrected chi connectivity index (χ4v) is 4.03. The van der Waals surface area contributed by atoms with E-state index in [0.717, 1.165) is 28.0 Å². The number of ether oxygens (including phenoxy) is 1. The number of Topliss-reactive ketones (excluding diaryl/α,β-unsaturated/α-hetero) is 2. The predicted octanol–water partition coefficient (Wildman–Crippen LogP) is 10.2. The number of rotatable bonds is 11. The number of benzene rings is 2. The van der Waals surface area contributed by atoms with Crippen molar-refractivity contribution >= 4 is 22.9 Å². The van der Waals surface area contributed by atoms with E-state index < -0.39 is 0 Å². The number of phenolic OH excluding ortho intramolecular Hbond substituents is 1. The topological polar surface area (TPSA) is 79.2 Å². The van der Waals surface area contributed by atoms with Gasteiger partial charge in [-0.25, -0.2) is 9.38 Å². The van der Waals surface area contributed by atoms with Crippen LogP contribution in [0.5, 0.6) is 5.75 Å². The van der Waals surface area contributed by atoms with E-state index in [0.29, 0.717) is 29.1 Å². The Morgan fingerprint density at radius 1 is 0.979 bits per heavy atom. The number of aromatic hydroxyl groups is 1. The molecule has 0 aliphatic heterocycles. The third-order valence-corrected chi connectivity index (χ3v) is 6.61. The molecule has 0 bridgehead atoms. The predicted molar refractivity (Wildman–Crippen MR) is 199 cm³/mol. The van der Waals surface area contributed by atoms with Crippen LogP contribution in [0.3, 0.4) is 0 Å². The zero-order valence-electron chi connectivity index (χ0n) is 31.5. The average Bonchev–Trinajstić information content (AvgIpc) is 2.98. The van der Waals surface area contributed by atoms with Crippen molar-refractivity contribution in [3.63, 3.8) is 0 Å². The number of aryl methyl sites for hydroxylation is 2. The summed E-state index contributed by atoms with van der Waals surface area (Å²) in [6, 6.07) is 10.3. The van der Waals surface area contributed by atoms with Gasteiger partial charge in [0, 0.05) is 19.1 Å². The Labute approximate surface area is 285 Å². The van der Waals surface area contributed by atoms with Crippen LogP contribution in [0.1, 0.15) is 110 Å². The van der Waals surface area contributed by atoms with E-state index in [9.17, 15) is 19.1 Å². The molecule has 0 heterocycles. The highest BCUT2D eigenvalue weighted by molar-refractivity contribution is 6.05. The monoisotopic (exact) mass is 652 g/mol. The normalized spacial score (nSPS) is 12.5. The molecular formula is C40H61FN2O4.